The van der Waals surface area contributed by atoms with E-state index in [2.05, 4.69) is 9.88 Å². The van der Waals surface area contributed by atoms with E-state index in [4.69, 9.17) is 11.6 Å². The molecule has 0 aliphatic carbocycles. The molecule has 1 aliphatic rings. The lowest BCUT2D eigenvalue weighted by molar-refractivity contribution is -0.0360. The second-order valence-electron chi connectivity index (χ2n) is 5.69. The van der Waals surface area contributed by atoms with Gasteiger partial charge in [0.05, 0.1) is 11.2 Å². The van der Waals surface area contributed by atoms with Crippen molar-refractivity contribution in [2.45, 2.75) is 25.4 Å². The molecule has 1 amide bonds. The molecule has 1 saturated heterocycles. The maximum absolute atomic E-state index is 12.6. The number of carbonyl (C=O) groups excluding carboxylic acids is 1. The van der Waals surface area contributed by atoms with Crippen LogP contribution in [0.25, 0.3) is 0 Å². The summed E-state index contributed by atoms with van der Waals surface area (Å²) in [5.74, 6) is -0.178. The first-order chi connectivity index (χ1) is 9.95. The Kier molecular flexibility index (Phi) is 5.19. The van der Waals surface area contributed by atoms with Crippen LogP contribution in [0.1, 0.15) is 30.1 Å². The first kappa shape index (κ1) is 16.2. The zero-order valence-corrected chi connectivity index (χ0v) is 13.3. The van der Waals surface area contributed by atoms with Gasteiger partial charge in [0.15, 0.2) is 0 Å². The van der Waals surface area contributed by atoms with Crippen LogP contribution in [0.15, 0.2) is 18.3 Å². The number of nitrogens with zero attached hydrogens (tertiary/aromatic N) is 3. The first-order valence-electron chi connectivity index (χ1n) is 7.26. The molecule has 0 radical (unpaired) electrons. The minimum atomic E-state index is -0.813. The Morgan fingerprint density at radius 1 is 1.52 bits per heavy atom. The number of piperidine rings is 1. The van der Waals surface area contributed by atoms with Crippen molar-refractivity contribution in [2.75, 3.05) is 33.2 Å². The molecule has 2 heterocycles. The molecule has 1 fully saturated rings. The highest BCUT2D eigenvalue weighted by Gasteiger charge is 2.34. The van der Waals surface area contributed by atoms with Crippen molar-refractivity contribution in [3.05, 3.63) is 29.0 Å². The lowest BCUT2D eigenvalue weighted by Gasteiger charge is -2.39. The van der Waals surface area contributed by atoms with E-state index >= 15 is 0 Å². The number of likely N-dealkylation sites (tertiary alicyclic amines) is 1. The molecule has 1 N–H and O–H groups in total. The maximum Gasteiger partial charge on any atom is 0.257 e. The molecule has 1 aromatic heterocycles. The molecule has 116 valence electrons. The van der Waals surface area contributed by atoms with Gasteiger partial charge in [-0.3, -0.25) is 4.79 Å². The lowest BCUT2D eigenvalue weighted by Crippen LogP contribution is -2.51. The number of carbonyl (C=O) groups is 1. The highest BCUT2D eigenvalue weighted by Crippen LogP contribution is 2.24. The van der Waals surface area contributed by atoms with Crippen molar-refractivity contribution in [1.29, 1.82) is 0 Å². The third kappa shape index (κ3) is 3.93. The van der Waals surface area contributed by atoms with E-state index in [1.165, 1.54) is 0 Å². The highest BCUT2D eigenvalue weighted by molar-refractivity contribution is 6.32. The van der Waals surface area contributed by atoms with Gasteiger partial charge in [-0.1, -0.05) is 11.6 Å². The number of hydrogen-bond acceptors (Lipinski definition) is 4. The van der Waals surface area contributed by atoms with Gasteiger partial charge in [0, 0.05) is 32.4 Å². The van der Waals surface area contributed by atoms with Gasteiger partial charge in [-0.25, -0.2) is 4.98 Å². The van der Waals surface area contributed by atoms with E-state index in [1.807, 2.05) is 14.0 Å². The molecule has 0 spiro atoms. The molecule has 1 aliphatic heterocycles. The first-order valence-corrected chi connectivity index (χ1v) is 7.64. The van der Waals surface area contributed by atoms with Gasteiger partial charge in [0.1, 0.15) is 5.15 Å². The number of amides is 1. The van der Waals surface area contributed by atoms with Crippen LogP contribution in [0.3, 0.4) is 0 Å². The third-order valence-electron chi connectivity index (χ3n) is 4.06. The van der Waals surface area contributed by atoms with Gasteiger partial charge in [0.2, 0.25) is 0 Å². The van der Waals surface area contributed by atoms with E-state index < -0.39 is 5.60 Å². The molecule has 0 unspecified atom stereocenters. The minimum Gasteiger partial charge on any atom is -0.388 e. The Balaban J connectivity index is 2.09. The number of pyridine rings is 1. The summed E-state index contributed by atoms with van der Waals surface area (Å²) in [5, 5.41) is 10.9. The number of halogens is 1. The molecule has 2 rings (SSSR count). The van der Waals surface area contributed by atoms with Crippen LogP contribution in [0.4, 0.5) is 0 Å². The fourth-order valence-electron chi connectivity index (χ4n) is 2.59. The van der Waals surface area contributed by atoms with Crippen LogP contribution in [-0.4, -0.2) is 64.6 Å². The summed E-state index contributed by atoms with van der Waals surface area (Å²) < 4.78 is 0. The van der Waals surface area contributed by atoms with Gasteiger partial charge in [-0.2, -0.15) is 0 Å². The van der Waals surface area contributed by atoms with Crippen LogP contribution in [-0.2, 0) is 0 Å². The Hall–Kier alpha value is -1.17. The van der Waals surface area contributed by atoms with Crippen LogP contribution in [0.5, 0.6) is 0 Å². The highest BCUT2D eigenvalue weighted by atomic mass is 35.5. The normalized spacial score (nSPS) is 18.5. The van der Waals surface area contributed by atoms with Crippen LogP contribution in [0.2, 0.25) is 5.15 Å². The van der Waals surface area contributed by atoms with Crippen molar-refractivity contribution in [2.24, 2.45) is 0 Å². The SMILES string of the molecule is CCN(CC1(O)CCN(C)CC1)C(=O)c1cccnc1Cl. The number of aliphatic hydroxyl groups is 1. The van der Waals surface area contributed by atoms with E-state index in [1.54, 1.807) is 23.2 Å². The predicted molar refractivity (Wildman–Crippen MR) is 82.5 cm³/mol. The van der Waals surface area contributed by atoms with Gasteiger partial charge in [0.25, 0.3) is 5.91 Å². The average Bonchev–Trinajstić information content (AvgIpc) is 2.48. The van der Waals surface area contributed by atoms with Crippen molar-refractivity contribution >= 4 is 17.5 Å². The number of rotatable bonds is 4. The van der Waals surface area contributed by atoms with E-state index in [0.29, 0.717) is 31.5 Å². The second kappa shape index (κ2) is 6.73. The van der Waals surface area contributed by atoms with Crippen molar-refractivity contribution < 1.29 is 9.90 Å². The van der Waals surface area contributed by atoms with Gasteiger partial charge >= 0.3 is 0 Å². The number of likely N-dealkylation sites (N-methyl/N-ethyl adjacent to an activating group) is 1. The van der Waals surface area contributed by atoms with Gasteiger partial charge in [-0.05, 0) is 38.9 Å². The molecular weight excluding hydrogens is 290 g/mol. The molecule has 6 heteroatoms. The summed E-state index contributed by atoms with van der Waals surface area (Å²) in [7, 11) is 2.04. The summed E-state index contributed by atoms with van der Waals surface area (Å²) in [4.78, 5) is 20.3. The van der Waals surface area contributed by atoms with Crippen molar-refractivity contribution in [3.8, 4) is 0 Å². The van der Waals surface area contributed by atoms with Crippen molar-refractivity contribution in [1.82, 2.24) is 14.8 Å². The molecule has 0 aromatic carbocycles. The zero-order valence-electron chi connectivity index (χ0n) is 12.5. The van der Waals surface area contributed by atoms with E-state index in [0.717, 1.165) is 13.1 Å². The molecule has 0 saturated carbocycles. The largest absolute Gasteiger partial charge is 0.388 e. The zero-order chi connectivity index (χ0) is 15.5. The summed E-state index contributed by atoms with van der Waals surface area (Å²) in [6.45, 7) is 4.45. The molecule has 5 nitrogen and oxygen atoms in total. The molecular formula is C15H22ClN3O2. The quantitative estimate of drug-likeness (QED) is 0.859. The molecule has 1 aromatic rings. The van der Waals surface area contributed by atoms with Crippen LogP contribution < -0.4 is 0 Å². The lowest BCUT2D eigenvalue weighted by atomic mass is 9.91. The Morgan fingerprint density at radius 3 is 2.76 bits per heavy atom. The standard InChI is InChI=1S/C15H22ClN3O2/c1-3-19(11-15(21)6-9-18(2)10-7-15)14(20)12-5-4-8-17-13(12)16/h4-5,8,21H,3,6-7,9-11H2,1-2H3. The smallest absolute Gasteiger partial charge is 0.257 e. The van der Waals surface area contributed by atoms with Gasteiger partial charge in [-0.15, -0.1) is 0 Å². The second-order valence-corrected chi connectivity index (χ2v) is 6.05. The summed E-state index contributed by atoms with van der Waals surface area (Å²) >= 11 is 5.99. The topological polar surface area (TPSA) is 56.7 Å². The molecule has 0 bridgehead atoms. The minimum absolute atomic E-state index is 0.178. The molecule has 0 atom stereocenters. The summed E-state index contributed by atoms with van der Waals surface area (Å²) in [6, 6.07) is 3.36. The van der Waals surface area contributed by atoms with Gasteiger partial charge < -0.3 is 14.9 Å². The predicted octanol–water partition coefficient (Wildman–Crippen LogP) is 1.65. The molecule has 21 heavy (non-hydrogen) atoms. The summed E-state index contributed by atoms with van der Waals surface area (Å²) in [6.07, 6.45) is 2.90. The van der Waals surface area contributed by atoms with Crippen LogP contribution in [0, 0.1) is 0 Å². The Morgan fingerprint density at radius 2 is 2.19 bits per heavy atom. The monoisotopic (exact) mass is 311 g/mol. The Bertz CT molecular complexity index is 501. The Labute approximate surface area is 130 Å². The van der Waals surface area contributed by atoms with E-state index in [9.17, 15) is 9.90 Å². The maximum atomic E-state index is 12.6. The number of hydrogen-bond donors (Lipinski definition) is 1. The fourth-order valence-corrected chi connectivity index (χ4v) is 2.79. The fraction of sp³-hybridized carbons (Fsp3) is 0.600. The van der Waals surface area contributed by atoms with Crippen molar-refractivity contribution in [3.63, 3.8) is 0 Å². The van der Waals surface area contributed by atoms with Crippen LogP contribution >= 0.6 is 11.6 Å². The average molecular weight is 312 g/mol. The third-order valence-corrected chi connectivity index (χ3v) is 4.36. The van der Waals surface area contributed by atoms with E-state index in [-0.39, 0.29) is 11.1 Å². The number of aromatic nitrogens is 1. The summed E-state index contributed by atoms with van der Waals surface area (Å²) in [5.41, 5.74) is -0.426.